The van der Waals surface area contributed by atoms with E-state index in [2.05, 4.69) is 0 Å². The Bertz CT molecular complexity index is 969. The largest absolute Gasteiger partial charge is 0.344 e. The van der Waals surface area contributed by atoms with Crippen molar-refractivity contribution in [3.05, 3.63) is 23.0 Å². The topological polar surface area (TPSA) is 93.5 Å². The number of Topliss-reactive ketones (excluding diaryl/α,β-unsaturated/α-hetero) is 1. The van der Waals surface area contributed by atoms with E-state index in [1.165, 1.54) is 0 Å². The highest BCUT2D eigenvalue weighted by Crippen LogP contribution is 2.46. The normalized spacial score (nSPS) is 25.9. The molecule has 28 heavy (non-hydrogen) atoms. The highest BCUT2D eigenvalue weighted by Gasteiger charge is 2.52. The summed E-state index contributed by atoms with van der Waals surface area (Å²) in [4.78, 5) is 39.3. The van der Waals surface area contributed by atoms with E-state index < -0.39 is 15.3 Å². The summed E-state index contributed by atoms with van der Waals surface area (Å²) in [6.45, 7) is 3.43. The molecule has 0 aromatic carbocycles. The summed E-state index contributed by atoms with van der Waals surface area (Å²) in [5.41, 5.74) is 1.43. The third-order valence-corrected chi connectivity index (χ3v) is 8.46. The molecule has 1 atom stereocenters. The average molecular weight is 407 g/mol. The van der Waals surface area contributed by atoms with Crippen LogP contribution in [-0.2, 0) is 19.4 Å². The van der Waals surface area contributed by atoms with Crippen molar-refractivity contribution in [2.24, 2.45) is 5.41 Å². The monoisotopic (exact) mass is 406 g/mol. The van der Waals surface area contributed by atoms with Crippen LogP contribution in [0.5, 0.6) is 0 Å². The lowest BCUT2D eigenvalue weighted by Gasteiger charge is -2.20. The van der Waals surface area contributed by atoms with Crippen molar-refractivity contribution in [3.8, 4) is 0 Å². The Morgan fingerprint density at radius 2 is 1.89 bits per heavy atom. The van der Waals surface area contributed by atoms with Gasteiger partial charge >= 0.3 is 0 Å². The molecule has 4 rings (SSSR count). The van der Waals surface area contributed by atoms with Gasteiger partial charge in [0.2, 0.25) is 11.8 Å². The van der Waals surface area contributed by atoms with Crippen LogP contribution in [0.15, 0.2) is 6.07 Å². The van der Waals surface area contributed by atoms with E-state index in [-0.39, 0.29) is 48.1 Å². The average Bonchev–Trinajstić information content (AvgIpc) is 3.34. The number of hydrogen-bond donors (Lipinski definition) is 0. The van der Waals surface area contributed by atoms with E-state index >= 15 is 0 Å². The zero-order valence-electron chi connectivity index (χ0n) is 16.4. The number of aromatic nitrogens is 1. The number of likely N-dealkylation sites (tertiary alicyclic amines) is 1. The fourth-order valence-corrected chi connectivity index (χ4v) is 6.99. The van der Waals surface area contributed by atoms with E-state index in [1.54, 1.807) is 13.0 Å². The van der Waals surface area contributed by atoms with Gasteiger partial charge in [0.15, 0.2) is 15.6 Å². The van der Waals surface area contributed by atoms with Crippen molar-refractivity contribution < 1.29 is 22.8 Å². The smallest absolute Gasteiger partial charge is 0.236 e. The van der Waals surface area contributed by atoms with Crippen molar-refractivity contribution >= 4 is 27.4 Å². The van der Waals surface area contributed by atoms with Gasteiger partial charge in [-0.25, -0.2) is 8.42 Å². The van der Waals surface area contributed by atoms with Gasteiger partial charge in [-0.1, -0.05) is 12.8 Å². The number of imide groups is 1. The van der Waals surface area contributed by atoms with Crippen LogP contribution in [0, 0.1) is 19.3 Å². The summed E-state index contributed by atoms with van der Waals surface area (Å²) in [5, 5.41) is 0. The van der Waals surface area contributed by atoms with Crippen LogP contribution >= 0.6 is 0 Å². The first-order valence-corrected chi connectivity index (χ1v) is 11.7. The Hall–Kier alpha value is -1.96. The molecule has 152 valence electrons. The lowest BCUT2D eigenvalue weighted by Crippen LogP contribution is -2.38. The van der Waals surface area contributed by atoms with E-state index in [4.69, 9.17) is 0 Å². The molecule has 0 N–H and O–H groups in total. The number of nitrogens with zero attached hydrogens (tertiary/aromatic N) is 2. The third kappa shape index (κ3) is 3.02. The third-order valence-electron chi connectivity index (χ3n) is 6.71. The van der Waals surface area contributed by atoms with Gasteiger partial charge < -0.3 is 4.57 Å². The van der Waals surface area contributed by atoms with E-state index in [9.17, 15) is 22.8 Å². The van der Waals surface area contributed by atoms with Gasteiger partial charge in [-0.15, -0.1) is 0 Å². The van der Waals surface area contributed by atoms with Crippen molar-refractivity contribution in [1.82, 2.24) is 9.47 Å². The maximum Gasteiger partial charge on any atom is 0.236 e. The maximum atomic E-state index is 12.9. The van der Waals surface area contributed by atoms with E-state index in [1.807, 2.05) is 11.5 Å². The van der Waals surface area contributed by atoms with Crippen molar-refractivity contribution in [3.63, 3.8) is 0 Å². The van der Waals surface area contributed by atoms with Crippen molar-refractivity contribution in [1.29, 1.82) is 0 Å². The minimum Gasteiger partial charge on any atom is -0.344 e. The van der Waals surface area contributed by atoms with Gasteiger partial charge in [0.25, 0.3) is 0 Å². The van der Waals surface area contributed by atoms with Crippen LogP contribution < -0.4 is 0 Å². The molecule has 8 heteroatoms. The number of amides is 2. The van der Waals surface area contributed by atoms with Gasteiger partial charge in [-0.3, -0.25) is 19.3 Å². The number of aryl methyl sites for hydroxylation is 1. The quantitative estimate of drug-likeness (QED) is 0.563. The van der Waals surface area contributed by atoms with Crippen LogP contribution in [-0.4, -0.2) is 53.5 Å². The van der Waals surface area contributed by atoms with E-state index in [0.29, 0.717) is 17.7 Å². The maximum absolute atomic E-state index is 12.9. The molecule has 1 unspecified atom stereocenters. The molecule has 7 nitrogen and oxygen atoms in total. The molecule has 1 spiro atoms. The second-order valence-electron chi connectivity index (χ2n) is 8.58. The first-order chi connectivity index (χ1) is 13.1. The first kappa shape index (κ1) is 19.4. The van der Waals surface area contributed by atoms with Gasteiger partial charge in [0.05, 0.1) is 23.5 Å². The number of rotatable bonds is 4. The predicted octanol–water partition coefficient (Wildman–Crippen LogP) is 1.97. The summed E-state index contributed by atoms with van der Waals surface area (Å²) < 4.78 is 25.6. The zero-order chi connectivity index (χ0) is 20.3. The summed E-state index contributed by atoms with van der Waals surface area (Å²) in [7, 11) is -3.04. The Morgan fingerprint density at radius 1 is 1.21 bits per heavy atom. The van der Waals surface area contributed by atoms with Crippen LogP contribution in [0.4, 0.5) is 0 Å². The molecule has 2 amide bonds. The molecule has 1 saturated carbocycles. The Labute approximate surface area is 165 Å². The molecule has 1 aliphatic carbocycles. The molecular formula is C20H26N2O5S. The molecule has 3 aliphatic rings. The molecule has 1 aromatic rings. The van der Waals surface area contributed by atoms with Crippen molar-refractivity contribution in [2.45, 2.75) is 58.4 Å². The highest BCUT2D eigenvalue weighted by molar-refractivity contribution is 7.91. The first-order valence-electron chi connectivity index (χ1n) is 9.90. The van der Waals surface area contributed by atoms with E-state index in [0.717, 1.165) is 36.3 Å². The Morgan fingerprint density at radius 3 is 2.50 bits per heavy atom. The van der Waals surface area contributed by atoms with Crippen LogP contribution in [0.3, 0.4) is 0 Å². The minimum absolute atomic E-state index is 0.0859. The zero-order valence-corrected chi connectivity index (χ0v) is 17.2. The van der Waals surface area contributed by atoms with Crippen LogP contribution in [0.1, 0.15) is 66.3 Å². The number of hydrogen-bond acceptors (Lipinski definition) is 5. The Kier molecular flexibility index (Phi) is 4.52. The molecule has 2 saturated heterocycles. The van der Waals surface area contributed by atoms with Gasteiger partial charge in [-0.05, 0) is 39.2 Å². The van der Waals surface area contributed by atoms with Crippen LogP contribution in [0.25, 0.3) is 0 Å². The lowest BCUT2D eigenvalue weighted by atomic mass is 9.84. The molecule has 0 radical (unpaired) electrons. The second kappa shape index (κ2) is 6.54. The molecule has 0 bridgehead atoms. The van der Waals surface area contributed by atoms with Crippen molar-refractivity contribution in [2.75, 3.05) is 18.1 Å². The molecule has 3 heterocycles. The molecular weight excluding hydrogens is 380 g/mol. The summed E-state index contributed by atoms with van der Waals surface area (Å²) in [6, 6.07) is 1.59. The second-order valence-corrected chi connectivity index (χ2v) is 10.8. The molecule has 1 aromatic heterocycles. The number of carbonyl (C=O) groups is 3. The highest BCUT2D eigenvalue weighted by atomic mass is 32.2. The van der Waals surface area contributed by atoms with Crippen LogP contribution in [0.2, 0.25) is 0 Å². The standard InChI is InChI=1S/C20H26N2O5S/c1-13-9-16(14(2)22(13)15-5-8-28(26,27)12-15)17(23)11-21-18(24)10-20(19(21)25)6-3-4-7-20/h9,15H,3-8,10-12H2,1-2H3. The minimum atomic E-state index is -3.04. The van der Waals surface area contributed by atoms with Gasteiger partial charge in [-0.2, -0.15) is 0 Å². The number of sulfone groups is 1. The molecule has 2 aliphatic heterocycles. The summed E-state index contributed by atoms with van der Waals surface area (Å²) in [6.07, 6.45) is 4.12. The number of ketones is 1. The summed E-state index contributed by atoms with van der Waals surface area (Å²) >= 11 is 0. The lowest BCUT2D eigenvalue weighted by molar-refractivity contribution is -0.140. The van der Waals surface area contributed by atoms with Gasteiger partial charge in [0.1, 0.15) is 0 Å². The van der Waals surface area contributed by atoms with Gasteiger partial charge in [0, 0.05) is 29.4 Å². The molecule has 3 fully saturated rings. The fourth-order valence-electron chi connectivity index (χ4n) is 5.29. The predicted molar refractivity (Wildman–Crippen MR) is 103 cm³/mol. The fraction of sp³-hybridized carbons (Fsp3) is 0.650. The Balaban J connectivity index is 1.55. The SMILES string of the molecule is Cc1cc(C(=O)CN2C(=O)CC3(CCCC3)C2=O)c(C)n1C1CCS(=O)(=O)C1. The number of carbonyl (C=O) groups excluding carboxylic acids is 3. The summed E-state index contributed by atoms with van der Waals surface area (Å²) in [5.74, 6) is -0.466.